The lowest BCUT2D eigenvalue weighted by molar-refractivity contribution is 0.195. The zero-order valence-electron chi connectivity index (χ0n) is 10.9. The van der Waals surface area contributed by atoms with E-state index in [-0.39, 0.29) is 34.9 Å². The number of aliphatic hydroxyl groups is 1. The average Bonchev–Trinajstić information content (AvgIpc) is 2.86. The fraction of sp³-hybridized carbons (Fsp3) is 0.538. The summed E-state index contributed by atoms with van der Waals surface area (Å²) >= 11 is 5.81. The lowest BCUT2D eigenvalue weighted by Crippen LogP contribution is -2.32. The van der Waals surface area contributed by atoms with Crippen LogP contribution in [0.5, 0.6) is 0 Å². The largest absolute Gasteiger partial charge is 0.396 e. The molecule has 112 valence electrons. The van der Waals surface area contributed by atoms with Gasteiger partial charge in [-0.15, -0.1) is 0 Å². The molecule has 1 aliphatic carbocycles. The first-order chi connectivity index (χ1) is 9.44. The SMILES string of the molecule is O=S(=O)(NCC1CCCC1CO)c1cc(F)ccc1Cl. The molecule has 1 aromatic carbocycles. The molecule has 0 spiro atoms. The highest BCUT2D eigenvalue weighted by molar-refractivity contribution is 7.89. The molecule has 1 aliphatic rings. The number of halogens is 2. The number of hydrogen-bond donors (Lipinski definition) is 2. The molecule has 7 heteroatoms. The molecule has 4 nitrogen and oxygen atoms in total. The third kappa shape index (κ3) is 3.49. The standard InChI is InChI=1S/C13H17ClFNO3S/c14-12-5-4-11(15)6-13(12)20(18,19)16-7-9-2-1-3-10(9)8-17/h4-6,9-10,16-17H,1-3,7-8H2. The molecule has 1 saturated carbocycles. The lowest BCUT2D eigenvalue weighted by atomic mass is 9.97. The van der Waals surface area contributed by atoms with Crippen LogP contribution in [0, 0.1) is 17.7 Å². The van der Waals surface area contributed by atoms with Crippen molar-refractivity contribution >= 4 is 21.6 Å². The molecule has 0 aromatic heterocycles. The Balaban J connectivity index is 2.09. The van der Waals surface area contributed by atoms with Crippen LogP contribution in [0.25, 0.3) is 0 Å². The Morgan fingerprint density at radius 3 is 2.75 bits per heavy atom. The van der Waals surface area contributed by atoms with E-state index in [4.69, 9.17) is 11.6 Å². The number of nitrogens with one attached hydrogen (secondary N) is 1. The van der Waals surface area contributed by atoms with E-state index in [1.807, 2.05) is 0 Å². The van der Waals surface area contributed by atoms with Crippen LogP contribution >= 0.6 is 11.6 Å². The number of aliphatic hydroxyl groups excluding tert-OH is 1. The van der Waals surface area contributed by atoms with Gasteiger partial charge in [0.05, 0.1) is 5.02 Å². The summed E-state index contributed by atoms with van der Waals surface area (Å²) in [5.41, 5.74) is 0. The summed E-state index contributed by atoms with van der Waals surface area (Å²) in [5, 5.41) is 9.21. The molecular formula is C13H17ClFNO3S. The third-order valence-corrected chi connectivity index (χ3v) is 5.67. The number of sulfonamides is 1. The van der Waals surface area contributed by atoms with Crippen molar-refractivity contribution in [2.45, 2.75) is 24.2 Å². The van der Waals surface area contributed by atoms with Gasteiger partial charge in [-0.2, -0.15) is 0 Å². The molecule has 1 aromatic rings. The van der Waals surface area contributed by atoms with Gasteiger partial charge in [0.15, 0.2) is 0 Å². The average molecular weight is 322 g/mol. The minimum absolute atomic E-state index is 0.0102. The lowest BCUT2D eigenvalue weighted by Gasteiger charge is -2.18. The van der Waals surface area contributed by atoms with Crippen LogP contribution in [0.3, 0.4) is 0 Å². The van der Waals surface area contributed by atoms with Gasteiger partial charge in [-0.3, -0.25) is 0 Å². The van der Waals surface area contributed by atoms with Crippen molar-refractivity contribution in [1.82, 2.24) is 4.72 Å². The van der Waals surface area contributed by atoms with E-state index < -0.39 is 15.8 Å². The molecule has 2 atom stereocenters. The summed E-state index contributed by atoms with van der Waals surface area (Å²) in [6, 6.07) is 3.24. The first-order valence-corrected chi connectivity index (χ1v) is 8.35. The maximum Gasteiger partial charge on any atom is 0.242 e. The van der Waals surface area contributed by atoms with Gasteiger partial charge in [0.1, 0.15) is 10.7 Å². The maximum absolute atomic E-state index is 13.2. The van der Waals surface area contributed by atoms with Gasteiger partial charge in [0.2, 0.25) is 10.0 Å². The van der Waals surface area contributed by atoms with E-state index in [1.165, 1.54) is 6.07 Å². The second-order valence-corrected chi connectivity index (χ2v) is 7.20. The quantitative estimate of drug-likeness (QED) is 0.873. The van der Waals surface area contributed by atoms with E-state index in [0.717, 1.165) is 31.4 Å². The minimum atomic E-state index is -3.84. The summed E-state index contributed by atoms with van der Waals surface area (Å²) in [7, 11) is -3.84. The van der Waals surface area contributed by atoms with Gasteiger partial charge >= 0.3 is 0 Å². The Bertz CT molecular complexity index is 579. The van der Waals surface area contributed by atoms with Crippen molar-refractivity contribution in [1.29, 1.82) is 0 Å². The topological polar surface area (TPSA) is 66.4 Å². The predicted octanol–water partition coefficient (Wildman–Crippen LogP) is 2.17. The number of benzene rings is 1. The third-order valence-electron chi connectivity index (χ3n) is 3.77. The summed E-state index contributed by atoms with van der Waals surface area (Å²) in [6.45, 7) is 0.299. The second kappa shape index (κ2) is 6.39. The molecule has 0 radical (unpaired) electrons. The molecule has 2 rings (SSSR count). The van der Waals surface area contributed by atoms with Crippen LogP contribution in [0.1, 0.15) is 19.3 Å². The molecule has 0 aliphatic heterocycles. The van der Waals surface area contributed by atoms with Crippen molar-refractivity contribution in [3.63, 3.8) is 0 Å². The Morgan fingerprint density at radius 1 is 1.35 bits per heavy atom. The van der Waals surface area contributed by atoms with Crippen LogP contribution in [0.4, 0.5) is 4.39 Å². The van der Waals surface area contributed by atoms with E-state index in [9.17, 15) is 17.9 Å². The van der Waals surface area contributed by atoms with Crippen molar-refractivity contribution in [2.24, 2.45) is 11.8 Å². The molecular weight excluding hydrogens is 305 g/mol. The Hall–Kier alpha value is -0.690. The van der Waals surface area contributed by atoms with Gasteiger partial charge < -0.3 is 5.11 Å². The first kappa shape index (κ1) is 15.7. The molecule has 20 heavy (non-hydrogen) atoms. The van der Waals surface area contributed by atoms with Gasteiger partial charge in [-0.1, -0.05) is 18.0 Å². The smallest absolute Gasteiger partial charge is 0.242 e. The van der Waals surface area contributed by atoms with E-state index >= 15 is 0 Å². The number of rotatable bonds is 5. The van der Waals surface area contributed by atoms with Crippen LogP contribution in [0.2, 0.25) is 5.02 Å². The fourth-order valence-corrected chi connectivity index (χ4v) is 4.20. The Labute approximate surface area is 123 Å². The maximum atomic E-state index is 13.2. The zero-order valence-corrected chi connectivity index (χ0v) is 12.4. The molecule has 0 heterocycles. The van der Waals surface area contributed by atoms with Crippen molar-refractivity contribution in [2.75, 3.05) is 13.2 Å². The molecule has 1 fully saturated rings. The number of hydrogen-bond acceptors (Lipinski definition) is 3. The van der Waals surface area contributed by atoms with Crippen molar-refractivity contribution in [3.8, 4) is 0 Å². The van der Waals surface area contributed by atoms with Crippen LogP contribution < -0.4 is 4.72 Å². The molecule has 0 amide bonds. The summed E-state index contributed by atoms with van der Waals surface area (Å²) < 4.78 is 39.9. The Kier molecular flexibility index (Phi) is 5.01. The first-order valence-electron chi connectivity index (χ1n) is 6.49. The van der Waals surface area contributed by atoms with E-state index in [0.29, 0.717) is 0 Å². The fourth-order valence-electron chi connectivity index (χ4n) is 2.60. The highest BCUT2D eigenvalue weighted by atomic mass is 35.5. The Morgan fingerprint density at radius 2 is 2.05 bits per heavy atom. The normalized spacial score (nSPS) is 23.1. The van der Waals surface area contributed by atoms with Crippen LogP contribution in [0.15, 0.2) is 23.1 Å². The van der Waals surface area contributed by atoms with Crippen molar-refractivity contribution < 1.29 is 17.9 Å². The second-order valence-electron chi connectivity index (χ2n) is 5.06. The van der Waals surface area contributed by atoms with Gasteiger partial charge in [0.25, 0.3) is 0 Å². The molecule has 2 unspecified atom stereocenters. The van der Waals surface area contributed by atoms with Crippen LogP contribution in [-0.2, 0) is 10.0 Å². The monoisotopic (exact) mass is 321 g/mol. The van der Waals surface area contributed by atoms with Crippen LogP contribution in [-0.4, -0.2) is 26.7 Å². The summed E-state index contributed by atoms with van der Waals surface area (Å²) in [5.74, 6) is -0.410. The van der Waals surface area contributed by atoms with Gasteiger partial charge in [0, 0.05) is 13.2 Å². The van der Waals surface area contributed by atoms with E-state index in [1.54, 1.807) is 0 Å². The minimum Gasteiger partial charge on any atom is -0.396 e. The van der Waals surface area contributed by atoms with Gasteiger partial charge in [-0.25, -0.2) is 17.5 Å². The van der Waals surface area contributed by atoms with E-state index in [2.05, 4.69) is 4.72 Å². The highest BCUT2D eigenvalue weighted by Crippen LogP contribution is 2.31. The van der Waals surface area contributed by atoms with Crippen molar-refractivity contribution in [3.05, 3.63) is 29.0 Å². The zero-order chi connectivity index (χ0) is 14.8. The molecule has 0 bridgehead atoms. The predicted molar refractivity (Wildman–Crippen MR) is 74.5 cm³/mol. The summed E-state index contributed by atoms with van der Waals surface area (Å²) in [6.07, 6.45) is 2.77. The highest BCUT2D eigenvalue weighted by Gasteiger charge is 2.28. The molecule has 2 N–H and O–H groups in total. The summed E-state index contributed by atoms with van der Waals surface area (Å²) in [4.78, 5) is -0.252. The van der Waals surface area contributed by atoms with Gasteiger partial charge in [-0.05, 0) is 42.9 Å². The molecule has 0 saturated heterocycles.